The highest BCUT2D eigenvalue weighted by molar-refractivity contribution is 5.89. The van der Waals surface area contributed by atoms with E-state index in [0.29, 0.717) is 16.9 Å². The van der Waals surface area contributed by atoms with E-state index >= 15 is 0 Å². The van der Waals surface area contributed by atoms with Gasteiger partial charge in [0.25, 0.3) is 0 Å². The van der Waals surface area contributed by atoms with Crippen molar-refractivity contribution < 1.29 is 27.4 Å². The monoisotopic (exact) mass is 377 g/mol. The molecule has 0 aliphatic rings. The number of halogens is 3. The molecular formula is C18H14F3N3O3. The second kappa shape index (κ2) is 7.56. The number of ether oxygens (including phenoxy) is 2. The summed E-state index contributed by atoms with van der Waals surface area (Å²) in [6.45, 7) is 0.218. The van der Waals surface area contributed by atoms with Gasteiger partial charge in [0.2, 0.25) is 5.88 Å². The molecule has 2 aromatic heterocycles. The maximum atomic E-state index is 12.1. The minimum absolute atomic E-state index is 0.0840. The molecule has 27 heavy (non-hydrogen) atoms. The lowest BCUT2D eigenvalue weighted by Gasteiger charge is -2.09. The summed E-state index contributed by atoms with van der Waals surface area (Å²) in [7, 11) is 0. The number of carbonyl (C=O) groups excluding carboxylic acids is 1. The number of fused-ring (bicyclic) bond motifs is 1. The van der Waals surface area contributed by atoms with Crippen LogP contribution >= 0.6 is 0 Å². The predicted molar refractivity (Wildman–Crippen MR) is 89.2 cm³/mol. The molecule has 140 valence electrons. The number of carbonyl (C=O) groups is 1. The highest BCUT2D eigenvalue weighted by Crippen LogP contribution is 2.18. The van der Waals surface area contributed by atoms with E-state index in [2.05, 4.69) is 19.7 Å². The van der Waals surface area contributed by atoms with Crippen LogP contribution < -0.4 is 4.74 Å². The van der Waals surface area contributed by atoms with Crippen molar-refractivity contribution in [2.45, 2.75) is 19.7 Å². The molecule has 0 bridgehead atoms. The van der Waals surface area contributed by atoms with Gasteiger partial charge in [-0.2, -0.15) is 13.2 Å². The van der Waals surface area contributed by atoms with Crippen LogP contribution in [0.3, 0.4) is 0 Å². The molecule has 9 heteroatoms. The molecule has 0 spiro atoms. The van der Waals surface area contributed by atoms with Gasteiger partial charge in [-0.05, 0) is 25.1 Å². The normalized spacial score (nSPS) is 11.4. The molecule has 3 rings (SSSR count). The van der Waals surface area contributed by atoms with Crippen LogP contribution in [0.2, 0.25) is 0 Å². The van der Waals surface area contributed by atoms with Crippen molar-refractivity contribution in [3.8, 4) is 5.88 Å². The first kappa shape index (κ1) is 18.6. The lowest BCUT2D eigenvalue weighted by atomic mass is 10.2. The maximum Gasteiger partial charge on any atom is 0.422 e. The largest absolute Gasteiger partial charge is 0.468 e. The van der Waals surface area contributed by atoms with E-state index < -0.39 is 18.8 Å². The third-order valence-electron chi connectivity index (χ3n) is 3.54. The number of benzene rings is 1. The molecule has 2 heterocycles. The molecule has 0 aliphatic carbocycles. The Morgan fingerprint density at radius 1 is 1.07 bits per heavy atom. The number of hydrogen-bond donors (Lipinski definition) is 0. The SMILES string of the molecule is Cc1nc2ccccc2nc1COC(=O)c1ccc(OCC(F)(F)F)nc1. The van der Waals surface area contributed by atoms with Crippen LogP contribution in [-0.4, -0.2) is 33.7 Å². The first-order valence-electron chi connectivity index (χ1n) is 7.87. The minimum atomic E-state index is -4.46. The molecular weight excluding hydrogens is 363 g/mol. The second-order valence-electron chi connectivity index (χ2n) is 5.61. The van der Waals surface area contributed by atoms with Gasteiger partial charge >= 0.3 is 12.1 Å². The van der Waals surface area contributed by atoms with E-state index in [1.165, 1.54) is 12.1 Å². The van der Waals surface area contributed by atoms with E-state index in [1.807, 2.05) is 18.2 Å². The minimum Gasteiger partial charge on any atom is -0.468 e. The van der Waals surface area contributed by atoms with Crippen molar-refractivity contribution in [1.29, 1.82) is 0 Å². The number of aryl methyl sites for hydroxylation is 1. The van der Waals surface area contributed by atoms with Crippen LogP contribution in [0.25, 0.3) is 11.0 Å². The molecule has 0 fully saturated rings. The number of hydrogen-bond acceptors (Lipinski definition) is 6. The first-order chi connectivity index (χ1) is 12.8. The summed E-state index contributed by atoms with van der Waals surface area (Å²) in [6.07, 6.45) is -3.37. The van der Waals surface area contributed by atoms with Gasteiger partial charge in [0.15, 0.2) is 6.61 Å². The van der Waals surface area contributed by atoms with Crippen molar-refractivity contribution in [1.82, 2.24) is 15.0 Å². The van der Waals surface area contributed by atoms with Gasteiger partial charge in [0.1, 0.15) is 6.61 Å². The Balaban J connectivity index is 1.63. The predicted octanol–water partition coefficient (Wildman–Crippen LogP) is 3.63. The number of rotatable bonds is 5. The van der Waals surface area contributed by atoms with Crippen LogP contribution in [0.5, 0.6) is 5.88 Å². The van der Waals surface area contributed by atoms with E-state index in [9.17, 15) is 18.0 Å². The van der Waals surface area contributed by atoms with Crippen LogP contribution in [0.4, 0.5) is 13.2 Å². The standard InChI is InChI=1S/C18H14F3N3O3/c1-11-15(24-14-5-3-2-4-13(14)23-11)9-26-17(25)12-6-7-16(22-8-12)27-10-18(19,20)21/h2-8H,9-10H2,1H3. The summed E-state index contributed by atoms with van der Waals surface area (Å²) < 4.78 is 46.0. The number of pyridine rings is 1. The highest BCUT2D eigenvalue weighted by Gasteiger charge is 2.28. The highest BCUT2D eigenvalue weighted by atomic mass is 19.4. The van der Waals surface area contributed by atoms with Gasteiger partial charge in [-0.3, -0.25) is 0 Å². The molecule has 0 aliphatic heterocycles. The molecule has 0 saturated carbocycles. The maximum absolute atomic E-state index is 12.1. The van der Waals surface area contributed by atoms with E-state index in [1.54, 1.807) is 13.0 Å². The Labute approximate surface area is 152 Å². The Hall–Kier alpha value is -3.23. The molecule has 0 unspecified atom stereocenters. The van der Waals surface area contributed by atoms with E-state index in [0.717, 1.165) is 11.7 Å². The zero-order valence-electron chi connectivity index (χ0n) is 14.2. The average Bonchev–Trinajstić information content (AvgIpc) is 2.64. The summed E-state index contributed by atoms with van der Waals surface area (Å²) in [6, 6.07) is 9.76. The number of nitrogens with zero attached hydrogens (tertiary/aromatic N) is 3. The van der Waals surface area contributed by atoms with Gasteiger partial charge in [0, 0.05) is 12.3 Å². The fraction of sp³-hybridized carbons (Fsp3) is 0.222. The van der Waals surface area contributed by atoms with Gasteiger partial charge in [0.05, 0.1) is 28.0 Å². The zero-order chi connectivity index (χ0) is 19.4. The number of alkyl halides is 3. The number of esters is 1. The van der Waals surface area contributed by atoms with Crippen LogP contribution in [0.1, 0.15) is 21.7 Å². The van der Waals surface area contributed by atoms with Crippen molar-refractivity contribution >= 4 is 17.0 Å². The van der Waals surface area contributed by atoms with Gasteiger partial charge in [-0.15, -0.1) is 0 Å². The van der Waals surface area contributed by atoms with Gasteiger partial charge in [-0.1, -0.05) is 12.1 Å². The smallest absolute Gasteiger partial charge is 0.422 e. The van der Waals surface area contributed by atoms with Crippen molar-refractivity contribution in [3.63, 3.8) is 0 Å². The topological polar surface area (TPSA) is 74.2 Å². The lowest BCUT2D eigenvalue weighted by Crippen LogP contribution is -2.19. The van der Waals surface area contributed by atoms with Gasteiger partial charge in [-0.25, -0.2) is 19.7 Å². The molecule has 0 N–H and O–H groups in total. The third kappa shape index (κ3) is 4.90. The Morgan fingerprint density at radius 2 is 1.78 bits per heavy atom. The zero-order valence-corrected chi connectivity index (χ0v) is 14.2. The summed E-state index contributed by atoms with van der Waals surface area (Å²) in [5.41, 5.74) is 2.65. The van der Waals surface area contributed by atoms with Crippen molar-refractivity contribution in [3.05, 3.63) is 59.5 Å². The first-order valence-corrected chi connectivity index (χ1v) is 7.87. The van der Waals surface area contributed by atoms with Crippen LogP contribution in [0.15, 0.2) is 42.6 Å². The number of para-hydroxylation sites is 2. The summed E-state index contributed by atoms with van der Waals surface area (Å²) in [5, 5.41) is 0. The van der Waals surface area contributed by atoms with Gasteiger partial charge < -0.3 is 9.47 Å². The Morgan fingerprint density at radius 3 is 2.41 bits per heavy atom. The summed E-state index contributed by atoms with van der Waals surface area (Å²) in [4.78, 5) is 24.6. The third-order valence-corrected chi connectivity index (χ3v) is 3.54. The molecule has 0 radical (unpaired) electrons. The fourth-order valence-electron chi connectivity index (χ4n) is 2.22. The molecule has 0 saturated heterocycles. The van der Waals surface area contributed by atoms with Crippen LogP contribution in [0, 0.1) is 6.92 Å². The molecule has 0 atom stereocenters. The summed E-state index contributed by atoms with van der Waals surface area (Å²) >= 11 is 0. The average molecular weight is 377 g/mol. The second-order valence-corrected chi connectivity index (χ2v) is 5.61. The molecule has 6 nitrogen and oxygen atoms in total. The summed E-state index contributed by atoms with van der Waals surface area (Å²) in [5.74, 6) is -0.917. The fourth-order valence-corrected chi connectivity index (χ4v) is 2.22. The van der Waals surface area contributed by atoms with E-state index in [-0.39, 0.29) is 18.1 Å². The van der Waals surface area contributed by atoms with E-state index in [4.69, 9.17) is 4.74 Å². The van der Waals surface area contributed by atoms with Crippen molar-refractivity contribution in [2.75, 3.05) is 6.61 Å². The molecule has 0 amide bonds. The molecule has 1 aromatic carbocycles. The number of aromatic nitrogens is 3. The quantitative estimate of drug-likeness (QED) is 0.632. The Kier molecular flexibility index (Phi) is 5.20. The Bertz CT molecular complexity index is 959. The van der Waals surface area contributed by atoms with Crippen LogP contribution in [-0.2, 0) is 11.3 Å². The van der Waals surface area contributed by atoms with Crippen molar-refractivity contribution in [2.24, 2.45) is 0 Å². The molecule has 3 aromatic rings. The lowest BCUT2D eigenvalue weighted by molar-refractivity contribution is -0.154.